The number of carbonyl (C=O) groups excluding carboxylic acids is 2. The Kier molecular flexibility index (Phi) is 4.71. The summed E-state index contributed by atoms with van der Waals surface area (Å²) in [7, 11) is 0. The number of anilines is 1. The van der Waals surface area contributed by atoms with E-state index in [0.29, 0.717) is 17.3 Å². The number of ether oxygens (including phenoxy) is 1. The smallest absolute Gasteiger partial charge is 0.277 e. The molecule has 1 aliphatic rings. The Hall–Kier alpha value is -3.26. The molecule has 0 saturated carbocycles. The van der Waals surface area contributed by atoms with Crippen molar-refractivity contribution in [1.82, 2.24) is 14.9 Å². The first kappa shape index (κ1) is 16.6. The fraction of sp³-hybridized carbons (Fsp3) is 0.176. The molecule has 8 nitrogen and oxygen atoms in total. The Balaban J connectivity index is 1.73. The second kappa shape index (κ2) is 7.10. The summed E-state index contributed by atoms with van der Waals surface area (Å²) in [6, 6.07) is 6.90. The highest BCUT2D eigenvalue weighted by Gasteiger charge is 2.30. The lowest BCUT2D eigenvalue weighted by atomic mass is 10.3. The third-order valence-electron chi connectivity index (χ3n) is 3.40. The third kappa shape index (κ3) is 3.81. The van der Waals surface area contributed by atoms with Gasteiger partial charge in [0, 0.05) is 24.0 Å². The third-order valence-corrected chi connectivity index (χ3v) is 3.40. The van der Waals surface area contributed by atoms with Crippen LogP contribution in [0, 0.1) is 6.92 Å². The van der Waals surface area contributed by atoms with Crippen LogP contribution in [0.1, 0.15) is 5.69 Å². The number of aryl methyl sites for hydroxylation is 1. The normalized spacial score (nSPS) is 13.8. The van der Waals surface area contributed by atoms with Crippen molar-refractivity contribution in [3.63, 3.8) is 0 Å². The minimum absolute atomic E-state index is 0.0332. The summed E-state index contributed by atoms with van der Waals surface area (Å²) in [4.78, 5) is 33.1. The Morgan fingerprint density at radius 1 is 1.28 bits per heavy atom. The van der Waals surface area contributed by atoms with Gasteiger partial charge in [0.1, 0.15) is 11.4 Å². The predicted octanol–water partition coefficient (Wildman–Crippen LogP) is 1.23. The molecule has 1 aromatic carbocycles. The largest absolute Gasteiger partial charge is 0.437 e. The molecular formula is C17H16N4O4. The molecule has 0 fully saturated rings. The van der Waals surface area contributed by atoms with Gasteiger partial charge in [-0.2, -0.15) is 0 Å². The van der Waals surface area contributed by atoms with Crippen LogP contribution in [-0.2, 0) is 9.59 Å². The van der Waals surface area contributed by atoms with Gasteiger partial charge in [-0.15, -0.1) is 0 Å². The summed E-state index contributed by atoms with van der Waals surface area (Å²) in [6.07, 6.45) is 4.33. The molecule has 0 bridgehead atoms. The minimum Gasteiger partial charge on any atom is -0.437 e. The van der Waals surface area contributed by atoms with E-state index in [9.17, 15) is 9.59 Å². The fourth-order valence-corrected chi connectivity index (χ4v) is 2.31. The van der Waals surface area contributed by atoms with Gasteiger partial charge < -0.3 is 15.2 Å². The monoisotopic (exact) mass is 340 g/mol. The Labute approximate surface area is 143 Å². The molecule has 2 heterocycles. The second-order valence-electron chi connectivity index (χ2n) is 5.33. The molecule has 128 valence electrons. The number of aliphatic hydroxyl groups excluding tert-OH is 1. The summed E-state index contributed by atoms with van der Waals surface area (Å²) >= 11 is 0. The molecule has 1 aliphatic heterocycles. The summed E-state index contributed by atoms with van der Waals surface area (Å²) in [5.74, 6) is -0.0639. The average Bonchev–Trinajstić information content (AvgIpc) is 2.83. The number of benzene rings is 1. The van der Waals surface area contributed by atoms with E-state index >= 15 is 0 Å². The van der Waals surface area contributed by atoms with Gasteiger partial charge in [0.05, 0.1) is 25.0 Å². The van der Waals surface area contributed by atoms with Gasteiger partial charge in [-0.1, -0.05) is 6.07 Å². The molecule has 0 atom stereocenters. The van der Waals surface area contributed by atoms with E-state index in [1.807, 2.05) is 6.92 Å². The van der Waals surface area contributed by atoms with E-state index in [-0.39, 0.29) is 18.8 Å². The Bertz CT molecular complexity index is 850. The number of β-amino-alcohol motifs (C(OH)–C–C–N with tert-alkyl or cyclic N) is 1. The first-order valence-electron chi connectivity index (χ1n) is 7.59. The summed E-state index contributed by atoms with van der Waals surface area (Å²) in [5.41, 5.74) is 1.46. The number of aliphatic hydroxyl groups is 1. The number of aromatic nitrogens is 2. The van der Waals surface area contributed by atoms with Gasteiger partial charge in [-0.25, -0.2) is 4.98 Å². The van der Waals surface area contributed by atoms with Crippen molar-refractivity contribution < 1.29 is 19.4 Å². The van der Waals surface area contributed by atoms with Crippen LogP contribution in [0.3, 0.4) is 0 Å². The number of hydrogen-bond donors (Lipinski definition) is 2. The van der Waals surface area contributed by atoms with E-state index in [1.165, 1.54) is 12.3 Å². The molecule has 2 aromatic rings. The van der Waals surface area contributed by atoms with Crippen LogP contribution in [0.4, 0.5) is 5.69 Å². The highest BCUT2D eigenvalue weighted by molar-refractivity contribution is 6.17. The maximum atomic E-state index is 12.1. The quantitative estimate of drug-likeness (QED) is 0.762. The first-order chi connectivity index (χ1) is 12.1. The maximum absolute atomic E-state index is 12.1. The maximum Gasteiger partial charge on any atom is 0.277 e. The van der Waals surface area contributed by atoms with Crippen LogP contribution < -0.4 is 10.1 Å². The van der Waals surface area contributed by atoms with Gasteiger partial charge in [0.2, 0.25) is 5.88 Å². The van der Waals surface area contributed by atoms with Crippen LogP contribution in [0.2, 0.25) is 0 Å². The van der Waals surface area contributed by atoms with Gasteiger partial charge in [0.15, 0.2) is 0 Å². The number of amides is 2. The molecule has 8 heteroatoms. The van der Waals surface area contributed by atoms with Crippen molar-refractivity contribution in [2.75, 3.05) is 18.5 Å². The van der Waals surface area contributed by atoms with Crippen molar-refractivity contribution in [2.24, 2.45) is 0 Å². The molecule has 0 saturated heterocycles. The van der Waals surface area contributed by atoms with Crippen LogP contribution in [0.15, 0.2) is 48.4 Å². The van der Waals surface area contributed by atoms with Crippen LogP contribution in [0.5, 0.6) is 11.6 Å². The minimum atomic E-state index is -0.477. The van der Waals surface area contributed by atoms with Crippen LogP contribution in [-0.4, -0.2) is 44.9 Å². The molecular weight excluding hydrogens is 324 g/mol. The molecule has 3 rings (SSSR count). The van der Waals surface area contributed by atoms with Gasteiger partial charge in [0.25, 0.3) is 11.8 Å². The van der Waals surface area contributed by atoms with Gasteiger partial charge >= 0.3 is 0 Å². The SMILES string of the molecule is Cc1cncc(Oc2cccc(NC3=CC(=O)N(CCO)C3=O)c2)n1. The zero-order valence-corrected chi connectivity index (χ0v) is 13.5. The predicted molar refractivity (Wildman–Crippen MR) is 88.8 cm³/mol. The van der Waals surface area contributed by atoms with Crippen LogP contribution in [0.25, 0.3) is 0 Å². The van der Waals surface area contributed by atoms with Crippen molar-refractivity contribution in [3.8, 4) is 11.6 Å². The van der Waals surface area contributed by atoms with E-state index in [1.54, 1.807) is 30.5 Å². The highest BCUT2D eigenvalue weighted by atomic mass is 16.5. The van der Waals surface area contributed by atoms with E-state index in [0.717, 1.165) is 10.6 Å². The second-order valence-corrected chi connectivity index (χ2v) is 5.33. The summed E-state index contributed by atoms with van der Waals surface area (Å²) in [6.45, 7) is 1.50. The number of hydrogen-bond acceptors (Lipinski definition) is 7. The molecule has 2 N–H and O–H groups in total. The van der Waals surface area contributed by atoms with Gasteiger partial charge in [-0.3, -0.25) is 19.5 Å². The standard InChI is InChI=1S/C17H16N4O4/c1-11-9-18-10-15(19-11)25-13-4-2-3-12(7-13)20-14-8-16(23)21(5-6-22)17(14)24/h2-4,7-10,20,22H,5-6H2,1H3. The highest BCUT2D eigenvalue weighted by Crippen LogP contribution is 2.24. The first-order valence-corrected chi connectivity index (χ1v) is 7.59. The van der Waals surface area contributed by atoms with Crippen molar-refractivity contribution in [3.05, 3.63) is 54.1 Å². The lowest BCUT2D eigenvalue weighted by Gasteiger charge is -2.13. The summed E-state index contributed by atoms with van der Waals surface area (Å²) < 4.78 is 5.64. The molecule has 0 unspecified atom stereocenters. The molecule has 2 amide bonds. The number of rotatable bonds is 6. The molecule has 25 heavy (non-hydrogen) atoms. The van der Waals surface area contributed by atoms with Crippen molar-refractivity contribution in [2.45, 2.75) is 6.92 Å². The summed E-state index contributed by atoms with van der Waals surface area (Å²) in [5, 5.41) is 11.8. The van der Waals surface area contributed by atoms with E-state index in [2.05, 4.69) is 15.3 Å². The number of imide groups is 1. The lowest BCUT2D eigenvalue weighted by Crippen LogP contribution is -2.34. The number of nitrogens with zero attached hydrogens (tertiary/aromatic N) is 3. The lowest BCUT2D eigenvalue weighted by molar-refractivity contribution is -0.137. The van der Waals surface area contributed by atoms with Crippen molar-refractivity contribution in [1.29, 1.82) is 0 Å². The zero-order valence-electron chi connectivity index (χ0n) is 13.5. The topological polar surface area (TPSA) is 105 Å². The Morgan fingerprint density at radius 2 is 2.12 bits per heavy atom. The van der Waals surface area contributed by atoms with Gasteiger partial charge in [-0.05, 0) is 19.1 Å². The zero-order chi connectivity index (χ0) is 17.8. The number of nitrogens with one attached hydrogen (secondary N) is 1. The molecule has 0 radical (unpaired) electrons. The van der Waals surface area contributed by atoms with Crippen molar-refractivity contribution >= 4 is 17.5 Å². The van der Waals surface area contributed by atoms with Crippen LogP contribution >= 0.6 is 0 Å². The molecule has 0 aliphatic carbocycles. The van der Waals surface area contributed by atoms with E-state index in [4.69, 9.17) is 9.84 Å². The average molecular weight is 340 g/mol. The molecule has 0 spiro atoms. The Morgan fingerprint density at radius 3 is 2.88 bits per heavy atom. The molecule has 1 aromatic heterocycles. The van der Waals surface area contributed by atoms with E-state index < -0.39 is 11.8 Å². The number of carbonyl (C=O) groups is 2. The fourth-order valence-electron chi connectivity index (χ4n) is 2.31.